The number of imidazole rings is 1. The largest absolute Gasteiger partial charge is 0.325 e. The average molecular weight is 487 g/mol. The first kappa shape index (κ1) is 24.2. The Morgan fingerprint density at radius 3 is 2.26 bits per heavy atom. The summed E-state index contributed by atoms with van der Waals surface area (Å²) >= 11 is 1.28. The van der Waals surface area contributed by atoms with E-state index in [0.29, 0.717) is 16.4 Å². The molecular weight excluding hydrogens is 460 g/mol. The number of anilines is 2. The molecule has 2 N–H and O–H groups in total. The highest BCUT2D eigenvalue weighted by Gasteiger charge is 2.16. The number of nitrogens with zero attached hydrogens (tertiary/aromatic N) is 2. The molecule has 1 heterocycles. The lowest BCUT2D eigenvalue weighted by Gasteiger charge is -2.11. The lowest BCUT2D eigenvalue weighted by Crippen LogP contribution is -2.20. The standard InChI is InChI=1S/C27H26N4O3S/c1-17-8-11-22(14-18(17)2)29-26(34)16-35-27-30-23-6-4-5-7-24(23)31(27)15-25(33)28-21-12-9-20(10-13-21)19(3)32/h4-14H,15-16H2,1-3H3,(H,28,33)(H,29,34). The van der Waals surface area contributed by atoms with Crippen molar-refractivity contribution < 1.29 is 14.4 Å². The number of nitrogens with one attached hydrogen (secondary N) is 2. The molecule has 2 amide bonds. The number of rotatable bonds is 8. The van der Waals surface area contributed by atoms with Crippen molar-refractivity contribution >= 4 is 51.8 Å². The first-order chi connectivity index (χ1) is 16.8. The van der Waals surface area contributed by atoms with E-state index in [1.54, 1.807) is 24.3 Å². The number of amides is 2. The quantitative estimate of drug-likeness (QED) is 0.263. The van der Waals surface area contributed by atoms with E-state index in [-0.39, 0.29) is 29.9 Å². The third-order valence-electron chi connectivity index (χ3n) is 5.62. The molecule has 8 heteroatoms. The molecule has 0 aliphatic heterocycles. The van der Waals surface area contributed by atoms with E-state index in [9.17, 15) is 14.4 Å². The number of aryl methyl sites for hydroxylation is 2. The highest BCUT2D eigenvalue weighted by atomic mass is 32.2. The molecule has 0 aliphatic rings. The number of carbonyl (C=O) groups is 3. The summed E-state index contributed by atoms with van der Waals surface area (Å²) in [6.07, 6.45) is 0. The number of Topliss-reactive ketones (excluding diaryl/α,β-unsaturated/α-hetero) is 1. The number of hydrogen-bond donors (Lipinski definition) is 2. The minimum atomic E-state index is -0.231. The summed E-state index contributed by atoms with van der Waals surface area (Å²) in [5.41, 5.74) is 5.78. The van der Waals surface area contributed by atoms with Crippen LogP contribution in [0.15, 0.2) is 71.9 Å². The van der Waals surface area contributed by atoms with Crippen molar-refractivity contribution in [3.8, 4) is 0 Å². The molecule has 0 saturated carbocycles. The summed E-state index contributed by atoms with van der Waals surface area (Å²) in [6, 6.07) is 20.1. The van der Waals surface area contributed by atoms with Gasteiger partial charge in [0, 0.05) is 16.9 Å². The second-order valence-corrected chi connectivity index (χ2v) is 9.23. The molecule has 0 bridgehead atoms. The van der Waals surface area contributed by atoms with Crippen LogP contribution in [0.1, 0.15) is 28.4 Å². The SMILES string of the molecule is CC(=O)c1ccc(NC(=O)Cn2c(SCC(=O)Nc3ccc(C)c(C)c3)nc3ccccc32)cc1. The molecule has 0 saturated heterocycles. The van der Waals surface area contributed by atoms with Crippen LogP contribution in [0.4, 0.5) is 11.4 Å². The van der Waals surface area contributed by atoms with Crippen molar-refractivity contribution in [1.82, 2.24) is 9.55 Å². The van der Waals surface area contributed by atoms with Gasteiger partial charge >= 0.3 is 0 Å². The monoisotopic (exact) mass is 486 g/mol. The Bertz CT molecular complexity index is 1410. The van der Waals surface area contributed by atoms with Gasteiger partial charge in [-0.1, -0.05) is 30.0 Å². The molecule has 0 spiro atoms. The molecule has 0 atom stereocenters. The van der Waals surface area contributed by atoms with Gasteiger partial charge in [-0.05, 0) is 80.4 Å². The van der Waals surface area contributed by atoms with Crippen molar-refractivity contribution in [3.05, 3.63) is 83.4 Å². The van der Waals surface area contributed by atoms with Gasteiger partial charge in [-0.2, -0.15) is 0 Å². The minimum absolute atomic E-state index is 0.0315. The van der Waals surface area contributed by atoms with Gasteiger partial charge < -0.3 is 15.2 Å². The van der Waals surface area contributed by atoms with E-state index >= 15 is 0 Å². The zero-order valence-corrected chi connectivity index (χ0v) is 20.6. The Hall–Kier alpha value is -3.91. The molecule has 3 aromatic carbocycles. The van der Waals surface area contributed by atoms with Crippen LogP contribution in [0.3, 0.4) is 0 Å². The van der Waals surface area contributed by atoms with E-state index in [4.69, 9.17) is 0 Å². The third-order valence-corrected chi connectivity index (χ3v) is 6.60. The van der Waals surface area contributed by atoms with Crippen LogP contribution in [0.5, 0.6) is 0 Å². The number of para-hydroxylation sites is 2. The molecule has 0 aliphatic carbocycles. The topological polar surface area (TPSA) is 93.1 Å². The number of hydrogen-bond acceptors (Lipinski definition) is 5. The van der Waals surface area contributed by atoms with Crippen LogP contribution >= 0.6 is 11.8 Å². The summed E-state index contributed by atoms with van der Waals surface area (Å²) in [6.45, 7) is 5.57. The van der Waals surface area contributed by atoms with Gasteiger partial charge in [0.25, 0.3) is 0 Å². The predicted molar refractivity (Wildman–Crippen MR) is 140 cm³/mol. The van der Waals surface area contributed by atoms with Crippen LogP contribution in [-0.2, 0) is 16.1 Å². The third kappa shape index (κ3) is 5.96. The van der Waals surface area contributed by atoms with Gasteiger partial charge in [-0.15, -0.1) is 0 Å². The highest BCUT2D eigenvalue weighted by Crippen LogP contribution is 2.25. The summed E-state index contributed by atoms with van der Waals surface area (Å²) in [4.78, 5) is 41.5. The van der Waals surface area contributed by atoms with Crippen LogP contribution in [0.25, 0.3) is 11.0 Å². The fourth-order valence-corrected chi connectivity index (χ4v) is 4.41. The highest BCUT2D eigenvalue weighted by molar-refractivity contribution is 7.99. The van der Waals surface area contributed by atoms with Crippen molar-refractivity contribution in [1.29, 1.82) is 0 Å². The Balaban J connectivity index is 1.46. The van der Waals surface area contributed by atoms with E-state index in [2.05, 4.69) is 15.6 Å². The fourth-order valence-electron chi connectivity index (χ4n) is 3.60. The lowest BCUT2D eigenvalue weighted by molar-refractivity contribution is -0.117. The molecule has 0 fully saturated rings. The van der Waals surface area contributed by atoms with Crippen LogP contribution in [0.2, 0.25) is 0 Å². The van der Waals surface area contributed by atoms with Crippen LogP contribution in [0, 0.1) is 13.8 Å². The van der Waals surface area contributed by atoms with E-state index in [1.165, 1.54) is 24.2 Å². The first-order valence-electron chi connectivity index (χ1n) is 11.2. The summed E-state index contributed by atoms with van der Waals surface area (Å²) in [5.74, 6) is -0.252. The maximum absolute atomic E-state index is 12.8. The van der Waals surface area contributed by atoms with Crippen molar-refractivity contribution in [2.45, 2.75) is 32.5 Å². The Labute approximate surface area is 207 Å². The van der Waals surface area contributed by atoms with Crippen LogP contribution < -0.4 is 10.6 Å². The number of ketones is 1. The number of carbonyl (C=O) groups excluding carboxylic acids is 3. The molecular formula is C27H26N4O3S. The average Bonchev–Trinajstić information content (AvgIpc) is 3.17. The Kier molecular flexibility index (Phi) is 7.31. The zero-order valence-electron chi connectivity index (χ0n) is 19.8. The molecule has 178 valence electrons. The van der Waals surface area contributed by atoms with Crippen molar-refractivity contribution in [2.75, 3.05) is 16.4 Å². The molecule has 1 aromatic heterocycles. The smallest absolute Gasteiger partial charge is 0.244 e. The van der Waals surface area contributed by atoms with Crippen molar-refractivity contribution in [3.63, 3.8) is 0 Å². The Morgan fingerprint density at radius 2 is 1.54 bits per heavy atom. The van der Waals surface area contributed by atoms with E-state index in [0.717, 1.165) is 22.3 Å². The minimum Gasteiger partial charge on any atom is -0.325 e. The summed E-state index contributed by atoms with van der Waals surface area (Å²) < 4.78 is 1.81. The maximum atomic E-state index is 12.8. The zero-order chi connectivity index (χ0) is 24.9. The van der Waals surface area contributed by atoms with Crippen molar-refractivity contribution in [2.24, 2.45) is 0 Å². The first-order valence-corrected chi connectivity index (χ1v) is 12.1. The molecule has 0 unspecified atom stereocenters. The predicted octanol–water partition coefficient (Wildman–Crippen LogP) is 5.23. The van der Waals surface area contributed by atoms with Gasteiger partial charge in [-0.25, -0.2) is 4.98 Å². The van der Waals surface area contributed by atoms with Gasteiger partial charge in [0.15, 0.2) is 10.9 Å². The van der Waals surface area contributed by atoms with Gasteiger partial charge in [0.2, 0.25) is 11.8 Å². The number of thioether (sulfide) groups is 1. The van der Waals surface area contributed by atoms with E-state index < -0.39 is 0 Å². The van der Waals surface area contributed by atoms with Gasteiger partial charge in [0.05, 0.1) is 16.8 Å². The molecule has 4 aromatic rings. The fraction of sp³-hybridized carbons (Fsp3) is 0.185. The number of aromatic nitrogens is 2. The number of benzene rings is 3. The maximum Gasteiger partial charge on any atom is 0.244 e. The summed E-state index contributed by atoms with van der Waals surface area (Å²) in [5, 5.41) is 6.36. The van der Waals surface area contributed by atoms with Gasteiger partial charge in [-0.3, -0.25) is 14.4 Å². The molecule has 7 nitrogen and oxygen atoms in total. The molecule has 0 radical (unpaired) electrons. The normalized spacial score (nSPS) is 10.8. The second-order valence-electron chi connectivity index (χ2n) is 8.29. The second kappa shape index (κ2) is 10.6. The number of fused-ring (bicyclic) bond motifs is 1. The van der Waals surface area contributed by atoms with Crippen LogP contribution in [-0.4, -0.2) is 32.9 Å². The summed E-state index contributed by atoms with van der Waals surface area (Å²) in [7, 11) is 0. The molecule has 35 heavy (non-hydrogen) atoms. The lowest BCUT2D eigenvalue weighted by atomic mass is 10.1. The van der Waals surface area contributed by atoms with E-state index in [1.807, 2.05) is 60.9 Å². The van der Waals surface area contributed by atoms with Gasteiger partial charge in [0.1, 0.15) is 6.54 Å². The Morgan fingerprint density at radius 1 is 0.857 bits per heavy atom. The molecule has 4 rings (SSSR count).